The van der Waals surface area contributed by atoms with Gasteiger partial charge in [-0.3, -0.25) is 4.90 Å². The summed E-state index contributed by atoms with van der Waals surface area (Å²) < 4.78 is 19.0. The van der Waals surface area contributed by atoms with Crippen molar-refractivity contribution in [3.05, 3.63) is 71.2 Å². The third-order valence-corrected chi connectivity index (χ3v) is 5.18. The van der Waals surface area contributed by atoms with Crippen LogP contribution in [0.3, 0.4) is 0 Å². The molecule has 3 aromatic rings. The zero-order chi connectivity index (χ0) is 18.5. The van der Waals surface area contributed by atoms with Crippen LogP contribution in [-0.2, 0) is 11.2 Å². The van der Waals surface area contributed by atoms with Crippen LogP contribution >= 0.6 is 0 Å². The van der Waals surface area contributed by atoms with Crippen molar-refractivity contribution < 1.29 is 13.9 Å². The van der Waals surface area contributed by atoms with Gasteiger partial charge < -0.3 is 9.72 Å². The highest BCUT2D eigenvalue weighted by Gasteiger charge is 2.45. The predicted molar refractivity (Wildman–Crippen MR) is 98.6 cm³/mol. The smallest absolute Gasteiger partial charge is 0.410 e. The van der Waals surface area contributed by atoms with Crippen LogP contribution in [0.2, 0.25) is 0 Å². The minimum absolute atomic E-state index is 0.326. The van der Waals surface area contributed by atoms with E-state index in [0.29, 0.717) is 6.42 Å². The molecule has 1 N–H and O–H groups in total. The first-order chi connectivity index (χ1) is 12.4. The van der Waals surface area contributed by atoms with E-state index < -0.39 is 17.7 Å². The Balaban J connectivity index is 2.01. The van der Waals surface area contributed by atoms with Crippen LogP contribution in [0.5, 0.6) is 0 Å². The van der Waals surface area contributed by atoms with Crippen molar-refractivity contribution in [2.24, 2.45) is 0 Å². The van der Waals surface area contributed by atoms with Gasteiger partial charge in [0, 0.05) is 22.1 Å². The predicted octanol–water partition coefficient (Wildman–Crippen LogP) is 4.80. The zero-order valence-electron chi connectivity index (χ0n) is 15.0. The van der Waals surface area contributed by atoms with Crippen LogP contribution in [0.25, 0.3) is 10.9 Å². The number of fused-ring (bicyclic) bond motifs is 3. The molecule has 5 heteroatoms. The molecule has 0 radical (unpaired) electrons. The molecule has 2 aromatic carbocycles. The van der Waals surface area contributed by atoms with Gasteiger partial charge in [0.15, 0.2) is 0 Å². The van der Waals surface area contributed by atoms with Gasteiger partial charge in [-0.1, -0.05) is 30.3 Å². The van der Waals surface area contributed by atoms with E-state index >= 15 is 0 Å². The highest BCUT2D eigenvalue weighted by molar-refractivity contribution is 5.86. The maximum absolute atomic E-state index is 14.0. The SMILES string of the molecule is COC(=O)N1C(c2cccc(F)c2)c2[nH]c3ccccc3c2CC1(C)C. The molecule has 2 heterocycles. The van der Waals surface area contributed by atoms with Gasteiger partial charge in [-0.15, -0.1) is 0 Å². The molecule has 0 fully saturated rings. The summed E-state index contributed by atoms with van der Waals surface area (Å²) in [4.78, 5) is 17.8. The van der Waals surface area contributed by atoms with Gasteiger partial charge in [-0.25, -0.2) is 9.18 Å². The molecule has 134 valence electrons. The van der Waals surface area contributed by atoms with Crippen molar-refractivity contribution in [1.29, 1.82) is 0 Å². The highest BCUT2D eigenvalue weighted by Crippen LogP contribution is 2.44. The van der Waals surface area contributed by atoms with Gasteiger partial charge in [0.1, 0.15) is 11.9 Å². The molecule has 0 spiro atoms. The second-order valence-corrected chi connectivity index (χ2v) is 7.35. The lowest BCUT2D eigenvalue weighted by Gasteiger charge is -2.46. The van der Waals surface area contributed by atoms with Crippen molar-refractivity contribution in [1.82, 2.24) is 9.88 Å². The number of hydrogen-bond acceptors (Lipinski definition) is 2. The van der Waals surface area contributed by atoms with E-state index in [2.05, 4.69) is 11.1 Å². The van der Waals surface area contributed by atoms with Crippen molar-refractivity contribution in [2.75, 3.05) is 7.11 Å². The fourth-order valence-electron chi connectivity index (χ4n) is 4.08. The number of carbonyl (C=O) groups is 1. The molecule has 0 bridgehead atoms. The van der Waals surface area contributed by atoms with Crippen LogP contribution in [-0.4, -0.2) is 28.6 Å². The number of nitrogens with one attached hydrogen (secondary N) is 1. The lowest BCUT2D eigenvalue weighted by molar-refractivity contribution is 0.0505. The van der Waals surface area contributed by atoms with Crippen molar-refractivity contribution >= 4 is 17.0 Å². The molecule has 0 aliphatic carbocycles. The second kappa shape index (κ2) is 5.87. The number of para-hydroxylation sites is 1. The molecular weight excluding hydrogens is 331 g/mol. The summed E-state index contributed by atoms with van der Waals surface area (Å²) in [5.41, 5.74) is 3.33. The van der Waals surface area contributed by atoms with Crippen LogP contribution < -0.4 is 0 Å². The first-order valence-electron chi connectivity index (χ1n) is 8.64. The second-order valence-electron chi connectivity index (χ2n) is 7.35. The van der Waals surface area contributed by atoms with Gasteiger partial charge in [0.05, 0.1) is 7.11 Å². The number of nitrogens with zero attached hydrogens (tertiary/aromatic N) is 1. The molecule has 0 saturated carbocycles. The summed E-state index contributed by atoms with van der Waals surface area (Å²) >= 11 is 0. The number of halogens is 1. The number of ether oxygens (including phenoxy) is 1. The van der Waals surface area contributed by atoms with Crippen LogP contribution in [0.1, 0.15) is 36.7 Å². The highest BCUT2D eigenvalue weighted by atomic mass is 19.1. The number of rotatable bonds is 1. The Morgan fingerprint density at radius 1 is 1.23 bits per heavy atom. The number of amides is 1. The average Bonchev–Trinajstić information content (AvgIpc) is 2.97. The third kappa shape index (κ3) is 2.46. The summed E-state index contributed by atoms with van der Waals surface area (Å²) in [6, 6.07) is 14.1. The Kier molecular flexibility index (Phi) is 3.75. The quantitative estimate of drug-likeness (QED) is 0.684. The number of carbonyl (C=O) groups excluding carboxylic acids is 1. The molecule has 1 aliphatic rings. The monoisotopic (exact) mass is 352 g/mol. The van der Waals surface area contributed by atoms with Gasteiger partial charge in [0.2, 0.25) is 0 Å². The molecule has 4 rings (SSSR count). The molecule has 0 saturated heterocycles. The Morgan fingerprint density at radius 3 is 2.73 bits per heavy atom. The number of methoxy groups -OCH3 is 1. The van der Waals surface area contributed by atoms with Gasteiger partial charge in [0.25, 0.3) is 0 Å². The first-order valence-corrected chi connectivity index (χ1v) is 8.64. The zero-order valence-corrected chi connectivity index (χ0v) is 15.0. The summed E-state index contributed by atoms with van der Waals surface area (Å²) in [6.45, 7) is 4.03. The minimum atomic E-state index is -0.484. The molecule has 1 unspecified atom stereocenters. The summed E-state index contributed by atoms with van der Waals surface area (Å²) in [6.07, 6.45) is 0.265. The summed E-state index contributed by atoms with van der Waals surface area (Å²) in [5, 5.41) is 1.14. The Hall–Kier alpha value is -2.82. The van der Waals surface area contributed by atoms with E-state index in [4.69, 9.17) is 4.74 Å². The van der Waals surface area contributed by atoms with E-state index in [0.717, 1.165) is 22.2 Å². The van der Waals surface area contributed by atoms with Gasteiger partial charge in [-0.2, -0.15) is 0 Å². The van der Waals surface area contributed by atoms with Crippen molar-refractivity contribution in [2.45, 2.75) is 31.8 Å². The lowest BCUT2D eigenvalue weighted by Crippen LogP contribution is -2.54. The van der Waals surface area contributed by atoms with Crippen LogP contribution in [0.4, 0.5) is 9.18 Å². The van der Waals surface area contributed by atoms with Gasteiger partial charge in [-0.05, 0) is 49.6 Å². The van der Waals surface area contributed by atoms with Crippen molar-refractivity contribution in [3.63, 3.8) is 0 Å². The fraction of sp³-hybridized carbons (Fsp3) is 0.286. The Morgan fingerprint density at radius 2 is 2.00 bits per heavy atom. The Bertz CT molecular complexity index is 993. The number of hydrogen-bond donors (Lipinski definition) is 1. The number of aromatic nitrogens is 1. The van der Waals surface area contributed by atoms with E-state index in [1.807, 2.05) is 38.1 Å². The third-order valence-electron chi connectivity index (χ3n) is 5.18. The van der Waals surface area contributed by atoms with E-state index in [1.165, 1.54) is 24.8 Å². The fourth-order valence-corrected chi connectivity index (χ4v) is 4.08. The number of aromatic amines is 1. The topological polar surface area (TPSA) is 45.3 Å². The summed E-state index contributed by atoms with van der Waals surface area (Å²) in [7, 11) is 1.38. The number of benzene rings is 2. The normalized spacial score (nSPS) is 18.6. The largest absolute Gasteiger partial charge is 0.453 e. The summed E-state index contributed by atoms with van der Waals surface area (Å²) in [5.74, 6) is -0.326. The molecule has 26 heavy (non-hydrogen) atoms. The number of H-pyrrole nitrogens is 1. The van der Waals surface area contributed by atoms with Crippen LogP contribution in [0.15, 0.2) is 48.5 Å². The Labute approximate surface area is 151 Å². The minimum Gasteiger partial charge on any atom is -0.453 e. The lowest BCUT2D eigenvalue weighted by atomic mass is 9.82. The van der Waals surface area contributed by atoms with E-state index in [9.17, 15) is 9.18 Å². The first kappa shape index (κ1) is 16.6. The molecular formula is C21H21FN2O2. The average molecular weight is 352 g/mol. The van der Waals surface area contributed by atoms with Gasteiger partial charge >= 0.3 is 6.09 Å². The molecule has 1 aromatic heterocycles. The molecule has 1 atom stereocenters. The maximum Gasteiger partial charge on any atom is 0.410 e. The maximum atomic E-state index is 14.0. The molecule has 1 amide bonds. The van der Waals surface area contributed by atoms with E-state index in [1.54, 1.807) is 11.0 Å². The standard InChI is InChI=1S/C21H21FN2O2/c1-21(2)12-16-15-9-4-5-10-17(15)23-18(16)19(24(21)20(25)26-3)13-7-6-8-14(22)11-13/h4-11,19,23H,12H2,1-3H3. The van der Waals surface area contributed by atoms with E-state index in [-0.39, 0.29) is 5.82 Å². The van der Waals surface area contributed by atoms with Crippen molar-refractivity contribution in [3.8, 4) is 0 Å². The van der Waals surface area contributed by atoms with Crippen LogP contribution in [0, 0.1) is 5.82 Å². The molecule has 4 nitrogen and oxygen atoms in total. The molecule has 1 aliphatic heterocycles.